The highest BCUT2D eigenvalue weighted by Crippen LogP contribution is 2.15. The van der Waals surface area contributed by atoms with Crippen molar-refractivity contribution in [3.63, 3.8) is 0 Å². The van der Waals surface area contributed by atoms with Crippen molar-refractivity contribution in [2.24, 2.45) is 0 Å². The van der Waals surface area contributed by atoms with E-state index in [1.54, 1.807) is 0 Å². The molecular formula is C17H29N5. The lowest BCUT2D eigenvalue weighted by atomic mass is 10.1. The monoisotopic (exact) mass is 303 g/mol. The minimum Gasteiger partial charge on any atom is -0.354 e. The molecule has 0 bridgehead atoms. The topological polar surface area (TPSA) is 25.9 Å². The van der Waals surface area contributed by atoms with E-state index in [-0.39, 0.29) is 0 Å². The van der Waals surface area contributed by atoms with Crippen LogP contribution in [0.3, 0.4) is 0 Å². The lowest BCUT2D eigenvalue weighted by molar-refractivity contribution is 0.155. The molecule has 22 heavy (non-hydrogen) atoms. The van der Waals surface area contributed by atoms with E-state index in [2.05, 4.69) is 50.8 Å². The number of likely N-dealkylation sites (N-methyl/N-ethyl adjacent to an activating group) is 2. The van der Waals surface area contributed by atoms with Gasteiger partial charge in [0, 0.05) is 65.1 Å². The summed E-state index contributed by atoms with van der Waals surface area (Å²) in [6, 6.07) is 4.47. The third-order valence-corrected chi connectivity index (χ3v) is 4.95. The van der Waals surface area contributed by atoms with E-state index in [0.717, 1.165) is 38.4 Å². The van der Waals surface area contributed by atoms with Gasteiger partial charge < -0.3 is 19.6 Å². The minimum absolute atomic E-state index is 1.09. The zero-order chi connectivity index (χ0) is 15.4. The Hall–Kier alpha value is -1.17. The van der Waals surface area contributed by atoms with Crippen molar-refractivity contribution < 1.29 is 0 Å². The molecule has 2 saturated heterocycles. The molecule has 1 aromatic rings. The van der Waals surface area contributed by atoms with Crippen molar-refractivity contribution >= 4 is 5.82 Å². The lowest BCUT2D eigenvalue weighted by Gasteiger charge is -2.33. The summed E-state index contributed by atoms with van der Waals surface area (Å²) >= 11 is 0. The molecule has 0 atom stereocenters. The number of anilines is 1. The Morgan fingerprint density at radius 3 is 2.23 bits per heavy atom. The fourth-order valence-corrected chi connectivity index (χ4v) is 3.18. The summed E-state index contributed by atoms with van der Waals surface area (Å²) in [6.45, 7) is 10.4. The number of rotatable bonds is 4. The average Bonchev–Trinajstić information content (AvgIpc) is 2.55. The summed E-state index contributed by atoms with van der Waals surface area (Å²) in [6.07, 6.45) is 3.11. The third kappa shape index (κ3) is 4.18. The van der Waals surface area contributed by atoms with Gasteiger partial charge in [0.05, 0.1) is 0 Å². The van der Waals surface area contributed by atoms with Crippen LogP contribution in [0.2, 0.25) is 0 Å². The van der Waals surface area contributed by atoms with Gasteiger partial charge in [-0.2, -0.15) is 0 Å². The maximum atomic E-state index is 4.58. The van der Waals surface area contributed by atoms with Crippen molar-refractivity contribution in [2.45, 2.75) is 6.42 Å². The van der Waals surface area contributed by atoms with Gasteiger partial charge >= 0.3 is 0 Å². The number of piperazine rings is 2. The predicted octanol–water partition coefficient (Wildman–Crippen LogP) is 0.623. The van der Waals surface area contributed by atoms with Gasteiger partial charge in [0.1, 0.15) is 5.82 Å². The van der Waals surface area contributed by atoms with E-state index >= 15 is 0 Å². The van der Waals surface area contributed by atoms with E-state index in [1.165, 1.54) is 38.3 Å². The quantitative estimate of drug-likeness (QED) is 0.812. The van der Waals surface area contributed by atoms with E-state index in [4.69, 9.17) is 0 Å². The smallest absolute Gasteiger partial charge is 0.128 e. The molecule has 0 radical (unpaired) electrons. The molecule has 3 heterocycles. The molecule has 0 spiro atoms. The van der Waals surface area contributed by atoms with Crippen LogP contribution in [0, 0.1) is 0 Å². The lowest BCUT2D eigenvalue weighted by Crippen LogP contribution is -2.45. The van der Waals surface area contributed by atoms with Crippen molar-refractivity contribution in [2.75, 3.05) is 77.9 Å². The molecule has 5 nitrogen and oxygen atoms in total. The van der Waals surface area contributed by atoms with Crippen LogP contribution in [0.5, 0.6) is 0 Å². The first-order valence-electron chi connectivity index (χ1n) is 8.50. The second-order valence-corrected chi connectivity index (χ2v) is 6.71. The first-order chi connectivity index (χ1) is 10.7. The number of nitrogens with zero attached hydrogens (tertiary/aromatic N) is 5. The first kappa shape index (κ1) is 15.7. The third-order valence-electron chi connectivity index (χ3n) is 4.95. The number of hydrogen-bond donors (Lipinski definition) is 0. The summed E-state index contributed by atoms with van der Waals surface area (Å²) in [7, 11) is 4.40. The van der Waals surface area contributed by atoms with Crippen LogP contribution in [-0.2, 0) is 6.42 Å². The fourth-order valence-electron chi connectivity index (χ4n) is 3.18. The van der Waals surface area contributed by atoms with Crippen molar-refractivity contribution in [3.8, 4) is 0 Å². The fraction of sp³-hybridized carbons (Fsp3) is 0.706. The Balaban J connectivity index is 1.53. The van der Waals surface area contributed by atoms with Crippen molar-refractivity contribution in [1.82, 2.24) is 19.7 Å². The second-order valence-electron chi connectivity index (χ2n) is 6.71. The number of pyridine rings is 1. The van der Waals surface area contributed by atoms with Crippen LogP contribution in [0.25, 0.3) is 0 Å². The van der Waals surface area contributed by atoms with E-state index < -0.39 is 0 Å². The number of aromatic nitrogens is 1. The summed E-state index contributed by atoms with van der Waals surface area (Å²) in [5.74, 6) is 1.16. The molecule has 2 aliphatic rings. The highest BCUT2D eigenvalue weighted by Gasteiger charge is 2.16. The zero-order valence-electron chi connectivity index (χ0n) is 14.0. The van der Waals surface area contributed by atoms with Gasteiger partial charge in [0.2, 0.25) is 0 Å². The molecule has 5 heteroatoms. The van der Waals surface area contributed by atoms with Gasteiger partial charge in [0.25, 0.3) is 0 Å². The normalized spacial score (nSPS) is 22.2. The highest BCUT2D eigenvalue weighted by molar-refractivity contribution is 5.41. The van der Waals surface area contributed by atoms with Crippen LogP contribution in [0.4, 0.5) is 5.82 Å². The summed E-state index contributed by atoms with van der Waals surface area (Å²) in [4.78, 5) is 14.4. The van der Waals surface area contributed by atoms with Gasteiger partial charge in [-0.15, -0.1) is 0 Å². The summed E-state index contributed by atoms with van der Waals surface area (Å²) in [5.41, 5.74) is 1.42. The Morgan fingerprint density at radius 2 is 1.55 bits per heavy atom. The first-order valence-corrected chi connectivity index (χ1v) is 8.50. The average molecular weight is 303 g/mol. The highest BCUT2D eigenvalue weighted by atomic mass is 15.3. The van der Waals surface area contributed by atoms with Crippen LogP contribution >= 0.6 is 0 Å². The molecular weight excluding hydrogens is 274 g/mol. The van der Waals surface area contributed by atoms with Gasteiger partial charge in [0.15, 0.2) is 0 Å². The Labute approximate surface area is 134 Å². The van der Waals surface area contributed by atoms with Crippen molar-refractivity contribution in [1.29, 1.82) is 0 Å². The molecule has 2 aliphatic heterocycles. The Bertz CT molecular complexity index is 462. The standard InChI is InChI=1S/C17H29N5/c1-19-7-11-21(12-8-19)6-4-16-3-5-18-17(15-16)22-13-9-20(2)10-14-22/h3,5,15H,4,6-14H2,1-2H3. The maximum absolute atomic E-state index is 4.58. The minimum atomic E-state index is 1.09. The molecule has 1 aromatic heterocycles. The summed E-state index contributed by atoms with van der Waals surface area (Å²) < 4.78 is 0. The molecule has 0 aromatic carbocycles. The summed E-state index contributed by atoms with van der Waals surface area (Å²) in [5, 5.41) is 0. The Morgan fingerprint density at radius 1 is 0.909 bits per heavy atom. The van der Waals surface area contributed by atoms with Crippen molar-refractivity contribution in [3.05, 3.63) is 23.9 Å². The molecule has 0 unspecified atom stereocenters. The van der Waals surface area contributed by atoms with E-state index in [9.17, 15) is 0 Å². The molecule has 0 amide bonds. The second kappa shape index (κ2) is 7.40. The molecule has 0 N–H and O–H groups in total. The van der Waals surface area contributed by atoms with Crippen LogP contribution in [-0.4, -0.2) is 92.7 Å². The predicted molar refractivity (Wildman–Crippen MR) is 91.6 cm³/mol. The van der Waals surface area contributed by atoms with Gasteiger partial charge in [-0.3, -0.25) is 0 Å². The molecule has 0 aliphatic carbocycles. The SMILES string of the molecule is CN1CCN(CCc2ccnc(N3CCN(C)CC3)c2)CC1. The van der Waals surface area contributed by atoms with Gasteiger partial charge in [-0.05, 0) is 38.2 Å². The molecule has 3 rings (SSSR count). The Kier molecular flexibility index (Phi) is 5.28. The van der Waals surface area contributed by atoms with E-state index in [1.807, 2.05) is 6.20 Å². The van der Waals surface area contributed by atoms with Gasteiger partial charge in [-0.1, -0.05) is 0 Å². The molecule has 2 fully saturated rings. The largest absolute Gasteiger partial charge is 0.354 e. The number of hydrogen-bond acceptors (Lipinski definition) is 5. The van der Waals surface area contributed by atoms with Crippen LogP contribution in [0.15, 0.2) is 18.3 Å². The van der Waals surface area contributed by atoms with Crippen LogP contribution in [0.1, 0.15) is 5.56 Å². The van der Waals surface area contributed by atoms with Crippen LogP contribution < -0.4 is 4.90 Å². The molecule has 122 valence electrons. The maximum Gasteiger partial charge on any atom is 0.128 e. The molecule has 0 saturated carbocycles. The van der Waals surface area contributed by atoms with E-state index in [0.29, 0.717) is 0 Å². The zero-order valence-corrected chi connectivity index (χ0v) is 14.0. The van der Waals surface area contributed by atoms with Gasteiger partial charge in [-0.25, -0.2) is 4.98 Å².